The summed E-state index contributed by atoms with van der Waals surface area (Å²) in [4.78, 5) is 14.2. The van der Waals surface area contributed by atoms with Crippen molar-refractivity contribution >= 4 is 17.4 Å². The molecule has 0 radical (unpaired) electrons. The third-order valence-electron chi connectivity index (χ3n) is 3.66. The number of rotatable bonds is 3. The maximum absolute atomic E-state index is 12.4. The van der Waals surface area contributed by atoms with Crippen molar-refractivity contribution < 1.29 is 9.53 Å². The molecule has 3 heterocycles. The predicted octanol–water partition coefficient (Wildman–Crippen LogP) is 2.15. The topological polar surface area (TPSA) is 59.4 Å². The fourth-order valence-corrected chi connectivity index (χ4v) is 3.31. The van der Waals surface area contributed by atoms with E-state index in [1.807, 2.05) is 30.4 Å². The van der Waals surface area contributed by atoms with Gasteiger partial charge in [-0.25, -0.2) is 4.79 Å². The molecule has 0 bridgehead atoms. The molecule has 7 heteroatoms. The van der Waals surface area contributed by atoms with Crippen LogP contribution in [0.3, 0.4) is 0 Å². The van der Waals surface area contributed by atoms with Crippen molar-refractivity contribution in [3.05, 3.63) is 40.3 Å². The molecular formula is C15H20N4O2S. The van der Waals surface area contributed by atoms with Gasteiger partial charge in [0, 0.05) is 31.9 Å². The van der Waals surface area contributed by atoms with Gasteiger partial charge in [0.05, 0.1) is 18.8 Å². The number of morpholine rings is 1. The van der Waals surface area contributed by atoms with Gasteiger partial charge in [-0.1, -0.05) is 0 Å². The van der Waals surface area contributed by atoms with Gasteiger partial charge in [0.1, 0.15) is 6.10 Å². The van der Waals surface area contributed by atoms with Crippen molar-refractivity contribution in [2.45, 2.75) is 25.7 Å². The number of nitrogens with zero attached hydrogens (tertiary/aromatic N) is 3. The third-order valence-corrected chi connectivity index (χ3v) is 4.37. The Labute approximate surface area is 133 Å². The number of ether oxygens (including phenoxy) is 1. The Balaban J connectivity index is 1.59. The Morgan fingerprint density at radius 1 is 1.55 bits per heavy atom. The van der Waals surface area contributed by atoms with E-state index in [-0.39, 0.29) is 18.2 Å². The largest absolute Gasteiger partial charge is 0.367 e. The van der Waals surface area contributed by atoms with Gasteiger partial charge in [-0.05, 0) is 29.3 Å². The number of urea groups is 1. The summed E-state index contributed by atoms with van der Waals surface area (Å²) in [7, 11) is 1.86. The lowest BCUT2D eigenvalue weighted by molar-refractivity contribution is -0.0655. The fourth-order valence-electron chi connectivity index (χ4n) is 2.61. The Morgan fingerprint density at radius 3 is 3.09 bits per heavy atom. The molecule has 2 amide bonds. The van der Waals surface area contributed by atoms with E-state index in [1.54, 1.807) is 22.2 Å². The summed E-state index contributed by atoms with van der Waals surface area (Å²) in [6, 6.07) is 2.00. The fraction of sp³-hybridized carbons (Fsp3) is 0.467. The van der Waals surface area contributed by atoms with Crippen LogP contribution in [0.1, 0.15) is 24.2 Å². The van der Waals surface area contributed by atoms with E-state index in [4.69, 9.17) is 4.74 Å². The second-order valence-corrected chi connectivity index (χ2v) is 6.36. The summed E-state index contributed by atoms with van der Waals surface area (Å²) in [5.41, 5.74) is 2.13. The van der Waals surface area contributed by atoms with Gasteiger partial charge >= 0.3 is 6.03 Å². The molecule has 2 aromatic rings. The number of nitrogens with one attached hydrogen (secondary N) is 1. The lowest BCUT2D eigenvalue weighted by atomic mass is 10.1. The first-order valence-electron chi connectivity index (χ1n) is 7.29. The molecule has 0 saturated carbocycles. The van der Waals surface area contributed by atoms with Crippen molar-refractivity contribution in [2.75, 3.05) is 13.1 Å². The summed E-state index contributed by atoms with van der Waals surface area (Å²) >= 11 is 1.65. The molecule has 1 fully saturated rings. The number of hydrogen-bond acceptors (Lipinski definition) is 4. The minimum absolute atomic E-state index is 0.0304. The normalized spacial score (nSPS) is 21.8. The number of thiophene rings is 1. The summed E-state index contributed by atoms with van der Waals surface area (Å²) in [5, 5.41) is 11.2. The molecule has 118 valence electrons. The molecule has 3 rings (SSSR count). The van der Waals surface area contributed by atoms with Crippen LogP contribution in [0.2, 0.25) is 0 Å². The number of hydrogen-bond donors (Lipinski definition) is 1. The van der Waals surface area contributed by atoms with Crippen molar-refractivity contribution in [2.24, 2.45) is 7.05 Å². The smallest absolute Gasteiger partial charge is 0.317 e. The zero-order valence-corrected chi connectivity index (χ0v) is 13.5. The van der Waals surface area contributed by atoms with Crippen molar-refractivity contribution in [1.82, 2.24) is 20.0 Å². The molecule has 2 unspecified atom stereocenters. The van der Waals surface area contributed by atoms with Crippen LogP contribution in [0, 0.1) is 0 Å². The van der Waals surface area contributed by atoms with Gasteiger partial charge in [-0.2, -0.15) is 16.4 Å². The first kappa shape index (κ1) is 15.1. The molecule has 0 aliphatic carbocycles. The molecule has 6 nitrogen and oxygen atoms in total. The van der Waals surface area contributed by atoms with E-state index >= 15 is 0 Å². The molecule has 2 aromatic heterocycles. The van der Waals surface area contributed by atoms with Gasteiger partial charge in [-0.3, -0.25) is 4.68 Å². The molecule has 1 N–H and O–H groups in total. The standard InChI is InChI=1S/C15H20N4O2S/c1-11-7-19(9-14(21-11)13-3-4-22-10-13)15(20)16-5-12-6-17-18(2)8-12/h3-4,6,8,10-11,14H,5,7,9H2,1-2H3,(H,16,20). The second-order valence-electron chi connectivity index (χ2n) is 5.58. The van der Waals surface area contributed by atoms with E-state index < -0.39 is 0 Å². The Kier molecular flexibility index (Phi) is 4.44. The molecule has 1 saturated heterocycles. The lowest BCUT2D eigenvalue weighted by Crippen LogP contribution is -2.49. The van der Waals surface area contributed by atoms with Gasteiger partial charge in [0.2, 0.25) is 0 Å². The van der Waals surface area contributed by atoms with Crippen LogP contribution in [0.15, 0.2) is 29.2 Å². The maximum Gasteiger partial charge on any atom is 0.317 e. The average molecular weight is 320 g/mol. The molecule has 1 aliphatic heterocycles. The van der Waals surface area contributed by atoms with E-state index in [0.29, 0.717) is 19.6 Å². The van der Waals surface area contributed by atoms with Gasteiger partial charge < -0.3 is 15.0 Å². The second kappa shape index (κ2) is 6.50. The summed E-state index contributed by atoms with van der Waals surface area (Å²) in [6.07, 6.45) is 3.65. The van der Waals surface area contributed by atoms with Crippen LogP contribution in [0.25, 0.3) is 0 Å². The van der Waals surface area contributed by atoms with E-state index in [9.17, 15) is 4.79 Å². The van der Waals surface area contributed by atoms with Crippen molar-refractivity contribution in [1.29, 1.82) is 0 Å². The molecule has 2 atom stereocenters. The van der Waals surface area contributed by atoms with E-state index in [0.717, 1.165) is 11.1 Å². The van der Waals surface area contributed by atoms with Gasteiger partial charge in [0.15, 0.2) is 0 Å². The Morgan fingerprint density at radius 2 is 2.41 bits per heavy atom. The quantitative estimate of drug-likeness (QED) is 0.943. The highest BCUT2D eigenvalue weighted by atomic mass is 32.1. The zero-order valence-electron chi connectivity index (χ0n) is 12.7. The SMILES string of the molecule is CC1CN(C(=O)NCc2cnn(C)c2)CC(c2ccsc2)O1. The lowest BCUT2D eigenvalue weighted by Gasteiger charge is -2.36. The van der Waals surface area contributed by atoms with Gasteiger partial charge in [0.25, 0.3) is 0 Å². The number of carbonyl (C=O) groups is 1. The van der Waals surface area contributed by atoms with E-state index in [1.165, 1.54) is 0 Å². The monoisotopic (exact) mass is 320 g/mol. The third kappa shape index (κ3) is 3.48. The minimum atomic E-state index is -0.0563. The molecule has 1 aliphatic rings. The number of aryl methyl sites for hydroxylation is 1. The molecule has 0 spiro atoms. The first-order valence-corrected chi connectivity index (χ1v) is 8.24. The minimum Gasteiger partial charge on any atom is -0.367 e. The highest BCUT2D eigenvalue weighted by Gasteiger charge is 2.29. The van der Waals surface area contributed by atoms with E-state index in [2.05, 4.69) is 21.9 Å². The highest BCUT2D eigenvalue weighted by molar-refractivity contribution is 7.07. The Bertz CT molecular complexity index is 625. The zero-order chi connectivity index (χ0) is 15.5. The van der Waals surface area contributed by atoms with Crippen LogP contribution in [-0.4, -0.2) is 39.9 Å². The average Bonchev–Trinajstić information content (AvgIpc) is 3.15. The number of aromatic nitrogens is 2. The summed E-state index contributed by atoms with van der Waals surface area (Å²) < 4.78 is 7.68. The van der Waals surface area contributed by atoms with Crippen LogP contribution in [0.5, 0.6) is 0 Å². The first-order chi connectivity index (χ1) is 10.6. The van der Waals surface area contributed by atoms with Crippen LogP contribution < -0.4 is 5.32 Å². The van der Waals surface area contributed by atoms with Crippen LogP contribution in [0.4, 0.5) is 4.79 Å². The van der Waals surface area contributed by atoms with Crippen LogP contribution >= 0.6 is 11.3 Å². The van der Waals surface area contributed by atoms with Gasteiger partial charge in [-0.15, -0.1) is 0 Å². The van der Waals surface area contributed by atoms with Crippen LogP contribution in [-0.2, 0) is 18.3 Å². The van der Waals surface area contributed by atoms with Crippen molar-refractivity contribution in [3.63, 3.8) is 0 Å². The summed E-state index contributed by atoms with van der Waals surface area (Å²) in [6.45, 7) is 3.68. The number of amides is 2. The molecular weight excluding hydrogens is 300 g/mol. The number of carbonyl (C=O) groups excluding carboxylic acids is 1. The highest BCUT2D eigenvalue weighted by Crippen LogP contribution is 2.26. The predicted molar refractivity (Wildman–Crippen MR) is 84.6 cm³/mol. The summed E-state index contributed by atoms with van der Waals surface area (Å²) in [5.74, 6) is 0. The molecule has 22 heavy (non-hydrogen) atoms. The maximum atomic E-state index is 12.4. The Hall–Kier alpha value is -1.86. The van der Waals surface area contributed by atoms with Crippen molar-refractivity contribution in [3.8, 4) is 0 Å². The molecule has 0 aromatic carbocycles.